The highest BCUT2D eigenvalue weighted by Gasteiger charge is 2.20. The summed E-state index contributed by atoms with van der Waals surface area (Å²) in [5.74, 6) is 1.76. The summed E-state index contributed by atoms with van der Waals surface area (Å²) < 4.78 is 11.4. The quantitative estimate of drug-likeness (QED) is 0.856. The van der Waals surface area contributed by atoms with Crippen molar-refractivity contribution >= 4 is 17.7 Å². The normalized spacial score (nSPS) is 16.1. The Kier molecular flexibility index (Phi) is 4.80. The second kappa shape index (κ2) is 7.17. The summed E-state index contributed by atoms with van der Waals surface area (Å²) in [5.41, 5.74) is 0. The number of fused-ring (bicyclic) bond motifs is 1. The molecule has 1 aliphatic heterocycles. The number of amides is 1. The smallest absolute Gasteiger partial charge is 0.230 e. The van der Waals surface area contributed by atoms with Crippen LogP contribution in [0.4, 0.5) is 0 Å². The molecule has 2 heterocycles. The minimum Gasteiger partial charge on any atom is -0.486 e. The first-order chi connectivity index (χ1) is 10.8. The SMILES string of the molecule is O=C(CSc1ccccn1)NC[C@@H]1COc2ccccc2O1. The molecule has 0 bridgehead atoms. The third-order valence-electron chi connectivity index (χ3n) is 3.08. The molecule has 114 valence electrons. The molecule has 3 rings (SSSR count). The third-order valence-corrected chi connectivity index (χ3v) is 4.03. The molecule has 1 aliphatic rings. The number of nitrogens with zero attached hydrogens (tertiary/aromatic N) is 1. The van der Waals surface area contributed by atoms with Crippen LogP contribution in [-0.4, -0.2) is 35.9 Å². The minimum atomic E-state index is -0.168. The molecule has 1 aromatic carbocycles. The van der Waals surface area contributed by atoms with Gasteiger partial charge >= 0.3 is 0 Å². The van der Waals surface area contributed by atoms with Gasteiger partial charge in [0.2, 0.25) is 5.91 Å². The van der Waals surface area contributed by atoms with Crippen molar-refractivity contribution in [2.75, 3.05) is 18.9 Å². The van der Waals surface area contributed by atoms with Crippen molar-refractivity contribution in [2.24, 2.45) is 0 Å². The van der Waals surface area contributed by atoms with Gasteiger partial charge in [0.1, 0.15) is 12.7 Å². The van der Waals surface area contributed by atoms with Gasteiger partial charge in [-0.2, -0.15) is 0 Å². The van der Waals surface area contributed by atoms with Crippen molar-refractivity contribution in [1.82, 2.24) is 10.3 Å². The summed E-state index contributed by atoms with van der Waals surface area (Å²) in [6, 6.07) is 13.2. The van der Waals surface area contributed by atoms with E-state index in [0.29, 0.717) is 18.9 Å². The fraction of sp³-hybridized carbons (Fsp3) is 0.250. The summed E-state index contributed by atoms with van der Waals surface area (Å²) in [6.45, 7) is 0.862. The molecule has 0 saturated carbocycles. The molecule has 0 fully saturated rings. The first-order valence-corrected chi connectivity index (χ1v) is 7.99. The van der Waals surface area contributed by atoms with Crippen LogP contribution in [0, 0.1) is 0 Å². The van der Waals surface area contributed by atoms with Crippen molar-refractivity contribution in [3.63, 3.8) is 0 Å². The number of nitrogens with one attached hydrogen (secondary N) is 1. The number of carbonyl (C=O) groups excluding carboxylic acids is 1. The second-order valence-electron chi connectivity index (χ2n) is 4.76. The Morgan fingerprint density at radius 2 is 2.05 bits per heavy atom. The van der Waals surface area contributed by atoms with Crippen LogP contribution in [0.1, 0.15) is 0 Å². The van der Waals surface area contributed by atoms with E-state index in [1.54, 1.807) is 6.20 Å². The molecule has 0 saturated heterocycles. The van der Waals surface area contributed by atoms with E-state index >= 15 is 0 Å². The molecule has 6 heteroatoms. The monoisotopic (exact) mass is 316 g/mol. The highest BCUT2D eigenvalue weighted by molar-refractivity contribution is 7.99. The van der Waals surface area contributed by atoms with Crippen molar-refractivity contribution in [3.8, 4) is 11.5 Å². The number of aromatic nitrogens is 1. The van der Waals surface area contributed by atoms with Gasteiger partial charge in [-0.3, -0.25) is 4.79 Å². The summed E-state index contributed by atoms with van der Waals surface area (Å²) in [5, 5.41) is 3.70. The van der Waals surface area contributed by atoms with Crippen molar-refractivity contribution in [1.29, 1.82) is 0 Å². The molecule has 0 unspecified atom stereocenters. The number of carbonyl (C=O) groups is 1. The molecule has 1 atom stereocenters. The molecule has 22 heavy (non-hydrogen) atoms. The van der Waals surface area contributed by atoms with Crippen LogP contribution in [0.15, 0.2) is 53.7 Å². The van der Waals surface area contributed by atoms with Gasteiger partial charge in [-0.25, -0.2) is 4.98 Å². The number of thioether (sulfide) groups is 1. The van der Waals surface area contributed by atoms with Crippen LogP contribution in [0.2, 0.25) is 0 Å². The van der Waals surface area contributed by atoms with Gasteiger partial charge in [-0.05, 0) is 24.3 Å². The Balaban J connectivity index is 1.42. The first kappa shape index (κ1) is 14.7. The topological polar surface area (TPSA) is 60.5 Å². The molecular weight excluding hydrogens is 300 g/mol. The maximum Gasteiger partial charge on any atom is 0.230 e. The van der Waals surface area contributed by atoms with Crippen LogP contribution in [0.25, 0.3) is 0 Å². The number of benzene rings is 1. The largest absolute Gasteiger partial charge is 0.486 e. The van der Waals surface area contributed by atoms with Crippen LogP contribution < -0.4 is 14.8 Å². The van der Waals surface area contributed by atoms with Gasteiger partial charge in [0.15, 0.2) is 11.5 Å². The lowest BCUT2D eigenvalue weighted by Crippen LogP contribution is -2.41. The Hall–Kier alpha value is -2.21. The number of pyridine rings is 1. The highest BCUT2D eigenvalue weighted by Crippen LogP contribution is 2.30. The lowest BCUT2D eigenvalue weighted by Gasteiger charge is -2.26. The Labute approximate surface area is 133 Å². The maximum atomic E-state index is 11.8. The van der Waals surface area contributed by atoms with Gasteiger partial charge in [0.25, 0.3) is 0 Å². The number of hydrogen-bond donors (Lipinski definition) is 1. The fourth-order valence-corrected chi connectivity index (χ4v) is 2.71. The summed E-state index contributed by atoms with van der Waals surface area (Å²) in [6.07, 6.45) is 1.55. The van der Waals surface area contributed by atoms with Crippen molar-refractivity contribution < 1.29 is 14.3 Å². The lowest BCUT2D eigenvalue weighted by atomic mass is 10.2. The van der Waals surface area contributed by atoms with Crippen LogP contribution in [0.3, 0.4) is 0 Å². The average Bonchev–Trinajstić information content (AvgIpc) is 2.59. The van der Waals surface area contributed by atoms with Gasteiger partial charge in [0.05, 0.1) is 17.3 Å². The molecule has 5 nitrogen and oxygen atoms in total. The predicted octanol–water partition coefficient (Wildman–Crippen LogP) is 2.13. The number of hydrogen-bond acceptors (Lipinski definition) is 5. The summed E-state index contributed by atoms with van der Waals surface area (Å²) in [7, 11) is 0. The van der Waals surface area contributed by atoms with Crippen LogP contribution in [0.5, 0.6) is 11.5 Å². The van der Waals surface area contributed by atoms with Crippen LogP contribution >= 0.6 is 11.8 Å². The van der Waals surface area contributed by atoms with E-state index in [0.717, 1.165) is 16.5 Å². The van der Waals surface area contributed by atoms with E-state index in [4.69, 9.17) is 9.47 Å². The Bertz CT molecular complexity index is 636. The van der Waals surface area contributed by atoms with E-state index in [9.17, 15) is 4.79 Å². The number of para-hydroxylation sites is 2. The molecule has 1 aromatic heterocycles. The predicted molar refractivity (Wildman–Crippen MR) is 84.3 cm³/mol. The number of ether oxygens (including phenoxy) is 2. The zero-order valence-electron chi connectivity index (χ0n) is 11.9. The standard InChI is InChI=1S/C16H16N2O3S/c19-15(11-22-16-7-3-4-8-17-16)18-9-12-10-20-13-5-1-2-6-14(13)21-12/h1-8,12H,9-11H2,(H,18,19)/t12-/m1/s1. The molecule has 1 amide bonds. The molecule has 1 N–H and O–H groups in total. The maximum absolute atomic E-state index is 11.8. The second-order valence-corrected chi connectivity index (χ2v) is 5.75. The van der Waals surface area contributed by atoms with Crippen LogP contribution in [-0.2, 0) is 4.79 Å². The molecule has 0 aliphatic carbocycles. The summed E-state index contributed by atoms with van der Waals surface area (Å²) >= 11 is 1.41. The fourth-order valence-electron chi connectivity index (χ4n) is 2.01. The number of rotatable bonds is 5. The Morgan fingerprint density at radius 1 is 1.23 bits per heavy atom. The lowest BCUT2D eigenvalue weighted by molar-refractivity contribution is -0.119. The Morgan fingerprint density at radius 3 is 2.86 bits per heavy atom. The third kappa shape index (κ3) is 3.92. The van der Waals surface area contributed by atoms with E-state index in [-0.39, 0.29) is 12.0 Å². The van der Waals surface area contributed by atoms with E-state index in [1.165, 1.54) is 11.8 Å². The van der Waals surface area contributed by atoms with Gasteiger partial charge in [0, 0.05) is 6.20 Å². The van der Waals surface area contributed by atoms with Crippen molar-refractivity contribution in [3.05, 3.63) is 48.7 Å². The first-order valence-electron chi connectivity index (χ1n) is 7.00. The minimum absolute atomic E-state index is 0.0434. The van der Waals surface area contributed by atoms with E-state index < -0.39 is 0 Å². The zero-order valence-corrected chi connectivity index (χ0v) is 12.7. The molecule has 0 radical (unpaired) electrons. The molecule has 2 aromatic rings. The van der Waals surface area contributed by atoms with Gasteiger partial charge in [-0.1, -0.05) is 30.0 Å². The zero-order chi connectivity index (χ0) is 15.2. The van der Waals surface area contributed by atoms with Crippen molar-refractivity contribution in [2.45, 2.75) is 11.1 Å². The molecule has 0 spiro atoms. The van der Waals surface area contributed by atoms with E-state index in [1.807, 2.05) is 42.5 Å². The van der Waals surface area contributed by atoms with Gasteiger partial charge < -0.3 is 14.8 Å². The van der Waals surface area contributed by atoms with E-state index in [2.05, 4.69) is 10.3 Å². The summed E-state index contributed by atoms with van der Waals surface area (Å²) in [4.78, 5) is 16.0. The van der Waals surface area contributed by atoms with Gasteiger partial charge in [-0.15, -0.1) is 0 Å². The average molecular weight is 316 g/mol. The molecular formula is C16H16N2O3S. The highest BCUT2D eigenvalue weighted by atomic mass is 32.2.